The van der Waals surface area contributed by atoms with Crippen LogP contribution in [0, 0.1) is 29.6 Å². The zero-order valence-corrected chi connectivity index (χ0v) is 19.0. The van der Waals surface area contributed by atoms with Crippen molar-refractivity contribution in [1.29, 1.82) is 0 Å². The molecule has 3 fully saturated rings. The smallest absolute Gasteiger partial charge is 0.318 e. The number of aryl methyl sites for hydroxylation is 1. The number of hydrogen-bond acceptors (Lipinski definition) is 3. The van der Waals surface area contributed by atoms with Crippen molar-refractivity contribution >= 4 is 11.6 Å². The molecule has 34 heavy (non-hydrogen) atoms. The summed E-state index contributed by atoms with van der Waals surface area (Å²) in [5, 5.41) is 7.25. The lowest BCUT2D eigenvalue weighted by Crippen LogP contribution is -2.41. The van der Waals surface area contributed by atoms with Gasteiger partial charge in [0.25, 0.3) is 0 Å². The molecule has 3 aliphatic rings. The van der Waals surface area contributed by atoms with Crippen molar-refractivity contribution in [3.63, 3.8) is 0 Å². The summed E-state index contributed by atoms with van der Waals surface area (Å²) in [5.74, 6) is -3.38. The molecule has 0 radical (unpaired) electrons. The van der Waals surface area contributed by atoms with Gasteiger partial charge in [-0.15, -0.1) is 10.2 Å². The Bertz CT molecular complexity index is 1080. The Balaban J connectivity index is 1.43. The standard InChI is InChI=1S/C24H27F5N4O/c1-23(26,20(25)21-31-30-12-32(21)2)15-4-3-5-16(10-15)33-11-18-17(22(33)34)8-14(13-6-7-13)9-19(18)24(27,28)29/h3-5,10,12-14,17-20H,6-9,11H2,1-2H3/t14?,17?,18?,19?,20-,23+/m1/s1. The number of benzene rings is 1. The van der Waals surface area contributed by atoms with Crippen molar-refractivity contribution in [1.82, 2.24) is 14.8 Å². The van der Waals surface area contributed by atoms with Crippen LogP contribution in [0.15, 0.2) is 30.6 Å². The molecule has 2 saturated carbocycles. The fraction of sp³-hybridized carbons (Fsp3) is 0.625. The van der Waals surface area contributed by atoms with Gasteiger partial charge in [-0.1, -0.05) is 12.1 Å². The van der Waals surface area contributed by atoms with Gasteiger partial charge in [-0.3, -0.25) is 4.79 Å². The van der Waals surface area contributed by atoms with Crippen molar-refractivity contribution in [2.45, 2.75) is 50.6 Å². The predicted octanol–water partition coefficient (Wildman–Crippen LogP) is 5.29. The van der Waals surface area contributed by atoms with Crippen molar-refractivity contribution in [2.75, 3.05) is 11.4 Å². The number of aromatic nitrogens is 3. The number of carbonyl (C=O) groups excluding carboxylic acids is 1. The molecular weight excluding hydrogens is 455 g/mol. The fourth-order valence-corrected chi connectivity index (χ4v) is 5.87. The summed E-state index contributed by atoms with van der Waals surface area (Å²) in [4.78, 5) is 14.6. The van der Waals surface area contributed by atoms with Crippen molar-refractivity contribution in [3.05, 3.63) is 42.0 Å². The number of halogens is 5. The molecule has 1 saturated heterocycles. The summed E-state index contributed by atoms with van der Waals surface area (Å²) in [7, 11) is 1.50. The van der Waals surface area contributed by atoms with Crippen LogP contribution in [0.3, 0.4) is 0 Å². The van der Waals surface area contributed by atoms with Crippen LogP contribution in [0.4, 0.5) is 27.6 Å². The van der Waals surface area contributed by atoms with Crippen LogP contribution in [-0.2, 0) is 17.5 Å². The molecule has 1 amide bonds. The minimum Gasteiger partial charge on any atom is -0.318 e. The zero-order valence-electron chi connectivity index (χ0n) is 19.0. The number of fused-ring (bicyclic) bond motifs is 1. The van der Waals surface area contributed by atoms with Gasteiger partial charge >= 0.3 is 6.18 Å². The summed E-state index contributed by atoms with van der Waals surface area (Å²) in [6, 6.07) is 5.82. The third-order valence-corrected chi connectivity index (χ3v) is 8.00. The lowest BCUT2D eigenvalue weighted by molar-refractivity contribution is -0.204. The van der Waals surface area contributed by atoms with E-state index < -0.39 is 35.8 Å². The molecule has 0 bridgehead atoms. The van der Waals surface area contributed by atoms with Crippen molar-refractivity contribution < 1.29 is 26.7 Å². The Hall–Kier alpha value is -2.52. The quantitative estimate of drug-likeness (QED) is 0.545. The molecular formula is C24H27F5N4O. The van der Waals surface area contributed by atoms with Gasteiger partial charge in [0.2, 0.25) is 5.91 Å². The Morgan fingerprint density at radius 2 is 1.85 bits per heavy atom. The van der Waals surface area contributed by atoms with E-state index in [-0.39, 0.29) is 47.8 Å². The summed E-state index contributed by atoms with van der Waals surface area (Å²) >= 11 is 0. The summed E-state index contributed by atoms with van der Waals surface area (Å²) in [5.41, 5.74) is -2.22. The number of carbonyl (C=O) groups is 1. The fourth-order valence-electron chi connectivity index (χ4n) is 5.87. The Labute approximate surface area is 194 Å². The molecule has 1 aromatic heterocycles. The highest BCUT2D eigenvalue weighted by Gasteiger charge is 2.58. The van der Waals surface area contributed by atoms with Crippen molar-refractivity contribution in [2.24, 2.45) is 36.6 Å². The molecule has 4 unspecified atom stereocenters. The van der Waals surface area contributed by atoms with Gasteiger partial charge in [-0.05, 0) is 68.1 Å². The Morgan fingerprint density at radius 3 is 2.47 bits per heavy atom. The number of nitrogens with zero attached hydrogens (tertiary/aromatic N) is 4. The Morgan fingerprint density at radius 1 is 1.12 bits per heavy atom. The first-order valence-corrected chi connectivity index (χ1v) is 11.6. The van der Waals surface area contributed by atoms with Crippen LogP contribution in [0.5, 0.6) is 0 Å². The van der Waals surface area contributed by atoms with Gasteiger partial charge < -0.3 is 9.47 Å². The summed E-state index contributed by atoms with van der Waals surface area (Å²) in [6.45, 7) is 1.01. The largest absolute Gasteiger partial charge is 0.392 e. The van der Waals surface area contributed by atoms with Gasteiger partial charge in [0.05, 0.1) is 5.92 Å². The van der Waals surface area contributed by atoms with E-state index in [0.717, 1.165) is 19.8 Å². The van der Waals surface area contributed by atoms with Crippen LogP contribution in [0.2, 0.25) is 0 Å². The van der Waals surface area contributed by atoms with E-state index >= 15 is 8.78 Å². The van der Waals surface area contributed by atoms with Crippen LogP contribution in [-0.4, -0.2) is 33.4 Å². The highest BCUT2D eigenvalue weighted by molar-refractivity contribution is 5.97. The summed E-state index contributed by atoms with van der Waals surface area (Å²) in [6.07, 6.45) is -2.83. The second-order valence-corrected chi connectivity index (χ2v) is 10.2. The van der Waals surface area contributed by atoms with Gasteiger partial charge in [-0.2, -0.15) is 13.2 Å². The molecule has 5 rings (SSSR count). The first kappa shape index (κ1) is 23.2. The maximum atomic E-state index is 15.7. The second kappa shape index (κ2) is 8.02. The summed E-state index contributed by atoms with van der Waals surface area (Å²) < 4.78 is 73.9. The third kappa shape index (κ3) is 3.88. The van der Waals surface area contributed by atoms with Crippen molar-refractivity contribution in [3.8, 4) is 0 Å². The van der Waals surface area contributed by atoms with Gasteiger partial charge in [0.1, 0.15) is 6.33 Å². The minimum atomic E-state index is -4.37. The average molecular weight is 482 g/mol. The number of anilines is 1. The van der Waals surface area contributed by atoms with E-state index in [4.69, 9.17) is 0 Å². The SMILES string of the molecule is Cn1cnnc1[C@@H](F)[C@@](C)(F)c1cccc(N2CC3C(CC(C4CC4)CC3C(F)(F)F)C2=O)c1. The van der Waals surface area contributed by atoms with Gasteiger partial charge in [-0.25, -0.2) is 8.78 Å². The molecule has 0 spiro atoms. The van der Waals surface area contributed by atoms with Crippen LogP contribution in [0.1, 0.15) is 50.2 Å². The molecule has 0 N–H and O–H groups in total. The lowest BCUT2D eigenvalue weighted by Gasteiger charge is -2.38. The molecule has 1 aliphatic heterocycles. The molecule has 2 aromatic rings. The Kier molecular flexibility index (Phi) is 5.48. The van der Waals surface area contributed by atoms with E-state index in [1.807, 2.05) is 0 Å². The molecule has 184 valence electrons. The molecule has 5 nitrogen and oxygen atoms in total. The number of rotatable bonds is 5. The first-order chi connectivity index (χ1) is 16.0. The predicted molar refractivity (Wildman–Crippen MR) is 114 cm³/mol. The third-order valence-electron chi connectivity index (χ3n) is 8.00. The number of amides is 1. The normalized spacial score (nSPS) is 30.2. The van der Waals surface area contributed by atoms with E-state index in [1.165, 1.54) is 41.0 Å². The minimum absolute atomic E-state index is 0.0219. The monoisotopic (exact) mass is 482 g/mol. The maximum Gasteiger partial charge on any atom is 0.392 e. The van der Waals surface area contributed by atoms with Crippen LogP contribution < -0.4 is 4.90 Å². The number of alkyl halides is 5. The first-order valence-electron chi connectivity index (χ1n) is 11.6. The maximum absolute atomic E-state index is 15.7. The van der Waals surface area contributed by atoms with E-state index in [2.05, 4.69) is 10.2 Å². The average Bonchev–Trinajstić information content (AvgIpc) is 3.47. The highest BCUT2D eigenvalue weighted by Crippen LogP contribution is 2.55. The number of hydrogen-bond donors (Lipinski definition) is 0. The molecule has 2 aliphatic carbocycles. The van der Waals surface area contributed by atoms with Crippen LogP contribution >= 0.6 is 0 Å². The molecule has 10 heteroatoms. The molecule has 2 heterocycles. The lowest BCUT2D eigenvalue weighted by atomic mass is 9.67. The van der Waals surface area contributed by atoms with Crippen LogP contribution in [0.25, 0.3) is 0 Å². The van der Waals surface area contributed by atoms with E-state index in [1.54, 1.807) is 6.07 Å². The topological polar surface area (TPSA) is 51.0 Å². The van der Waals surface area contributed by atoms with Gasteiger partial charge in [0, 0.05) is 25.2 Å². The highest BCUT2D eigenvalue weighted by atomic mass is 19.4. The molecule has 1 aromatic carbocycles. The second-order valence-electron chi connectivity index (χ2n) is 10.2. The van der Waals surface area contributed by atoms with E-state index in [0.29, 0.717) is 6.42 Å². The van der Waals surface area contributed by atoms with Gasteiger partial charge in [0.15, 0.2) is 17.7 Å². The van der Waals surface area contributed by atoms with E-state index in [9.17, 15) is 18.0 Å². The molecule has 6 atom stereocenters. The zero-order chi connectivity index (χ0) is 24.4.